The molecule has 0 aliphatic carbocycles. The lowest BCUT2D eigenvalue weighted by Crippen LogP contribution is -2.20. The maximum absolute atomic E-state index is 11.6. The number of carbonyl (C=O) groups is 1. The van der Waals surface area contributed by atoms with Crippen molar-refractivity contribution in [2.24, 2.45) is 5.41 Å². The molecule has 0 aromatic carbocycles. The van der Waals surface area contributed by atoms with Gasteiger partial charge in [-0.3, -0.25) is 0 Å². The van der Waals surface area contributed by atoms with E-state index in [2.05, 4.69) is 47.2 Å². The Kier molecular flexibility index (Phi) is 4.56. The maximum atomic E-state index is 11.6. The molecule has 0 atom stereocenters. The molecule has 0 amide bonds. The van der Waals surface area contributed by atoms with E-state index in [9.17, 15) is 4.79 Å². The van der Waals surface area contributed by atoms with E-state index in [1.807, 2.05) is 0 Å². The minimum atomic E-state index is -0.488. The molecule has 0 spiro atoms. The first kappa shape index (κ1) is 14.0. The third kappa shape index (κ3) is 4.03. The fraction of sp³-hybridized carbons (Fsp3) is 0.636. The Labute approximate surface area is 109 Å². The highest BCUT2D eigenvalue weighted by Gasteiger charge is 2.23. The number of carbonyl (C=O) groups excluding carboxylic acids is 1. The summed E-state index contributed by atoms with van der Waals surface area (Å²) in [4.78, 5) is 11.6. The molecule has 1 aromatic heterocycles. The topological polar surface area (TPSA) is 64.4 Å². The van der Waals surface area contributed by atoms with Gasteiger partial charge in [0, 0.05) is 6.54 Å². The quantitative estimate of drug-likeness (QED) is 0.866. The minimum Gasteiger partial charge on any atom is -0.461 e. The van der Waals surface area contributed by atoms with Gasteiger partial charge >= 0.3 is 5.97 Å². The fourth-order valence-electron chi connectivity index (χ4n) is 1.12. The van der Waals surface area contributed by atoms with Crippen LogP contribution in [-0.4, -0.2) is 24.3 Å². The van der Waals surface area contributed by atoms with Crippen molar-refractivity contribution >= 4 is 27.6 Å². The Bertz CT molecular complexity index is 396. The number of hydrogen-bond acceptors (Lipinski definition) is 5. The highest BCUT2D eigenvalue weighted by Crippen LogP contribution is 2.28. The molecule has 1 heterocycles. The molecule has 0 saturated heterocycles. The lowest BCUT2D eigenvalue weighted by Gasteiger charge is -2.19. The molecule has 1 rings (SSSR count). The molecule has 1 N–H and O–H groups in total. The second kappa shape index (κ2) is 5.53. The van der Waals surface area contributed by atoms with Crippen LogP contribution in [0, 0.1) is 5.41 Å². The van der Waals surface area contributed by atoms with Crippen molar-refractivity contribution in [2.45, 2.75) is 27.7 Å². The third-order valence-corrected chi connectivity index (χ3v) is 2.46. The van der Waals surface area contributed by atoms with Crippen LogP contribution in [0.3, 0.4) is 0 Å². The van der Waals surface area contributed by atoms with E-state index in [4.69, 9.17) is 9.26 Å². The number of halogens is 1. The summed E-state index contributed by atoms with van der Waals surface area (Å²) in [5.74, 6) is -0.488. The smallest absolute Gasteiger partial charge is 0.362 e. The number of anilines is 1. The van der Waals surface area contributed by atoms with Gasteiger partial charge in [-0.15, -0.1) is 0 Å². The molecule has 5 nitrogen and oxygen atoms in total. The van der Waals surface area contributed by atoms with Crippen LogP contribution in [0.1, 0.15) is 38.2 Å². The Hall–Kier alpha value is -1.04. The zero-order valence-corrected chi connectivity index (χ0v) is 12.1. The molecular formula is C11H17BrN2O3. The van der Waals surface area contributed by atoms with Gasteiger partial charge in [0.2, 0.25) is 10.4 Å². The van der Waals surface area contributed by atoms with Gasteiger partial charge in [-0.25, -0.2) is 4.79 Å². The van der Waals surface area contributed by atoms with Gasteiger partial charge < -0.3 is 14.6 Å². The maximum Gasteiger partial charge on any atom is 0.362 e. The van der Waals surface area contributed by atoms with Gasteiger partial charge in [0.25, 0.3) is 0 Å². The largest absolute Gasteiger partial charge is 0.461 e. The van der Waals surface area contributed by atoms with Gasteiger partial charge in [0.05, 0.1) is 6.61 Å². The lowest BCUT2D eigenvalue weighted by molar-refractivity contribution is 0.0515. The first-order valence-electron chi connectivity index (χ1n) is 5.41. The molecular weight excluding hydrogens is 288 g/mol. The van der Waals surface area contributed by atoms with Crippen LogP contribution in [0.2, 0.25) is 0 Å². The Morgan fingerprint density at radius 3 is 2.71 bits per heavy atom. The van der Waals surface area contributed by atoms with E-state index in [0.29, 0.717) is 23.5 Å². The van der Waals surface area contributed by atoms with Crippen LogP contribution < -0.4 is 5.32 Å². The van der Waals surface area contributed by atoms with Crippen LogP contribution >= 0.6 is 15.9 Å². The summed E-state index contributed by atoms with van der Waals surface area (Å²) in [7, 11) is 0. The van der Waals surface area contributed by atoms with Crippen LogP contribution in [0.15, 0.2) is 9.19 Å². The first-order valence-corrected chi connectivity index (χ1v) is 6.20. The highest BCUT2D eigenvalue weighted by molar-refractivity contribution is 9.10. The van der Waals surface area contributed by atoms with Gasteiger partial charge in [-0.2, -0.15) is 0 Å². The summed E-state index contributed by atoms with van der Waals surface area (Å²) >= 11 is 3.20. The first-order chi connectivity index (χ1) is 7.85. The van der Waals surface area contributed by atoms with E-state index in [1.165, 1.54) is 0 Å². The number of nitrogens with zero attached hydrogens (tertiary/aromatic N) is 1. The fourth-order valence-corrected chi connectivity index (χ4v) is 1.52. The Morgan fingerprint density at radius 2 is 2.18 bits per heavy atom. The standard InChI is InChI=1S/C11H17BrN2O3/c1-5-16-10(15)8-7(9(12)17-14-8)13-6-11(2,3)4/h13H,5-6H2,1-4H3. The monoisotopic (exact) mass is 304 g/mol. The van der Waals surface area contributed by atoms with Crippen molar-refractivity contribution < 1.29 is 14.1 Å². The average Bonchev–Trinajstić information content (AvgIpc) is 2.56. The Morgan fingerprint density at radius 1 is 1.53 bits per heavy atom. The predicted octanol–water partition coefficient (Wildman–Crippen LogP) is 3.07. The highest BCUT2D eigenvalue weighted by atomic mass is 79.9. The van der Waals surface area contributed by atoms with Gasteiger partial charge in [-0.1, -0.05) is 25.9 Å². The van der Waals surface area contributed by atoms with Crippen molar-refractivity contribution in [3.63, 3.8) is 0 Å². The summed E-state index contributed by atoms with van der Waals surface area (Å²) in [6, 6.07) is 0. The second-order valence-corrected chi connectivity index (χ2v) is 5.53. The van der Waals surface area contributed by atoms with Gasteiger partial charge in [0.1, 0.15) is 5.69 Å². The zero-order chi connectivity index (χ0) is 13.1. The molecule has 1 aromatic rings. The van der Waals surface area contributed by atoms with Gasteiger partial charge in [-0.05, 0) is 28.3 Å². The molecule has 0 radical (unpaired) electrons. The SMILES string of the molecule is CCOC(=O)c1noc(Br)c1NCC(C)(C)C. The Balaban J connectivity index is 2.83. The number of hydrogen-bond donors (Lipinski definition) is 1. The molecule has 96 valence electrons. The molecule has 17 heavy (non-hydrogen) atoms. The van der Waals surface area contributed by atoms with Crippen LogP contribution in [-0.2, 0) is 4.74 Å². The van der Waals surface area contributed by atoms with E-state index >= 15 is 0 Å². The van der Waals surface area contributed by atoms with Gasteiger partial charge in [0.15, 0.2) is 0 Å². The van der Waals surface area contributed by atoms with Crippen molar-refractivity contribution in [1.82, 2.24) is 5.16 Å². The van der Waals surface area contributed by atoms with E-state index < -0.39 is 5.97 Å². The van der Waals surface area contributed by atoms with Crippen molar-refractivity contribution in [1.29, 1.82) is 0 Å². The zero-order valence-electron chi connectivity index (χ0n) is 10.5. The molecule has 0 aliphatic rings. The summed E-state index contributed by atoms with van der Waals surface area (Å²) < 4.78 is 10.2. The number of nitrogens with one attached hydrogen (secondary N) is 1. The van der Waals surface area contributed by atoms with Crippen molar-refractivity contribution in [3.05, 3.63) is 10.4 Å². The van der Waals surface area contributed by atoms with Crippen LogP contribution in [0.5, 0.6) is 0 Å². The van der Waals surface area contributed by atoms with Crippen molar-refractivity contribution in [3.8, 4) is 0 Å². The van der Waals surface area contributed by atoms with Crippen LogP contribution in [0.4, 0.5) is 5.69 Å². The normalized spacial score (nSPS) is 11.4. The molecule has 0 fully saturated rings. The number of esters is 1. The summed E-state index contributed by atoms with van der Waals surface area (Å²) in [5.41, 5.74) is 0.796. The van der Waals surface area contributed by atoms with E-state index in [-0.39, 0.29) is 11.1 Å². The average molecular weight is 305 g/mol. The lowest BCUT2D eigenvalue weighted by atomic mass is 9.97. The summed E-state index contributed by atoms with van der Waals surface area (Å²) in [6.45, 7) is 9.01. The number of ether oxygens (including phenoxy) is 1. The third-order valence-electron chi connectivity index (χ3n) is 1.91. The molecule has 0 unspecified atom stereocenters. The summed E-state index contributed by atoms with van der Waals surface area (Å²) in [6.07, 6.45) is 0. The molecule has 0 saturated carbocycles. The molecule has 0 aliphatic heterocycles. The number of rotatable bonds is 4. The predicted molar refractivity (Wildman–Crippen MR) is 68.1 cm³/mol. The van der Waals surface area contributed by atoms with E-state index in [0.717, 1.165) is 0 Å². The minimum absolute atomic E-state index is 0.0860. The molecule has 0 bridgehead atoms. The molecule has 6 heteroatoms. The van der Waals surface area contributed by atoms with E-state index in [1.54, 1.807) is 6.92 Å². The van der Waals surface area contributed by atoms with Crippen molar-refractivity contribution in [2.75, 3.05) is 18.5 Å². The second-order valence-electron chi connectivity index (χ2n) is 4.81. The van der Waals surface area contributed by atoms with Crippen LogP contribution in [0.25, 0.3) is 0 Å². The number of aromatic nitrogens is 1. The summed E-state index contributed by atoms with van der Waals surface area (Å²) in [5, 5.41) is 6.81.